The number of nitrogens with zero attached hydrogens (tertiary/aromatic N) is 2. The normalized spacial score (nSPS) is 12.9. The summed E-state index contributed by atoms with van der Waals surface area (Å²) in [5, 5.41) is 2.68. The van der Waals surface area contributed by atoms with Gasteiger partial charge in [-0.1, -0.05) is 19.1 Å². The number of nitrogens with one attached hydrogen (secondary N) is 1. The molecule has 0 spiro atoms. The Morgan fingerprint density at radius 3 is 2.06 bits per heavy atom. The number of carbonyl (C=O) groups excluding carboxylic acids is 1. The number of carbonyl (C=O) groups is 1. The van der Waals surface area contributed by atoms with E-state index in [-0.39, 0.29) is 18.0 Å². The Morgan fingerprint density at radius 2 is 1.58 bits per heavy atom. The highest BCUT2D eigenvalue weighted by atomic mass is 32.2. The largest absolute Gasteiger partial charge is 0.492 e. The molecule has 0 saturated carbocycles. The first-order chi connectivity index (χ1) is 15.4. The Bertz CT molecular complexity index is 1150. The Hall–Kier alpha value is -2.63. The van der Waals surface area contributed by atoms with Gasteiger partial charge in [0, 0.05) is 14.1 Å². The van der Waals surface area contributed by atoms with Crippen LogP contribution in [0.15, 0.2) is 53.4 Å². The average Bonchev–Trinajstić information content (AvgIpc) is 2.76. The zero-order valence-electron chi connectivity index (χ0n) is 19.5. The van der Waals surface area contributed by atoms with Crippen molar-refractivity contribution in [1.82, 2.24) is 9.62 Å². The highest BCUT2D eigenvalue weighted by Gasteiger charge is 2.28. The average molecular weight is 498 g/mol. The van der Waals surface area contributed by atoms with Gasteiger partial charge in [0.25, 0.3) is 0 Å². The van der Waals surface area contributed by atoms with Crippen LogP contribution in [0.4, 0.5) is 5.69 Å². The highest BCUT2D eigenvalue weighted by Crippen LogP contribution is 2.22. The van der Waals surface area contributed by atoms with Crippen molar-refractivity contribution in [3.8, 4) is 5.75 Å². The number of hydrogen-bond donors (Lipinski definition) is 1. The topological polar surface area (TPSA) is 113 Å². The molecular formula is C22H31N3O6S2. The number of sulfonamides is 2. The minimum Gasteiger partial charge on any atom is -0.492 e. The van der Waals surface area contributed by atoms with Gasteiger partial charge in [-0.2, -0.15) is 0 Å². The lowest BCUT2D eigenvalue weighted by Gasteiger charge is -2.28. The monoisotopic (exact) mass is 497 g/mol. The predicted octanol–water partition coefficient (Wildman–Crippen LogP) is 1.85. The van der Waals surface area contributed by atoms with Crippen molar-refractivity contribution in [3.05, 3.63) is 54.1 Å². The Labute approximate surface area is 196 Å². The van der Waals surface area contributed by atoms with Crippen LogP contribution in [0.5, 0.6) is 5.75 Å². The fourth-order valence-electron chi connectivity index (χ4n) is 3.10. The summed E-state index contributed by atoms with van der Waals surface area (Å²) in [7, 11) is -4.30. The third kappa shape index (κ3) is 6.92. The number of amides is 1. The summed E-state index contributed by atoms with van der Waals surface area (Å²) >= 11 is 0. The molecule has 11 heteroatoms. The molecule has 2 rings (SSSR count). The molecule has 0 unspecified atom stereocenters. The quantitative estimate of drug-likeness (QED) is 0.474. The van der Waals surface area contributed by atoms with Gasteiger partial charge in [0.2, 0.25) is 26.0 Å². The highest BCUT2D eigenvalue weighted by molar-refractivity contribution is 7.92. The molecule has 0 fully saturated rings. The van der Waals surface area contributed by atoms with E-state index in [4.69, 9.17) is 4.74 Å². The van der Waals surface area contributed by atoms with Gasteiger partial charge in [-0.05, 0) is 55.3 Å². The molecule has 1 amide bonds. The molecule has 1 N–H and O–H groups in total. The lowest BCUT2D eigenvalue weighted by molar-refractivity contribution is -0.121. The molecule has 0 aromatic heterocycles. The summed E-state index contributed by atoms with van der Waals surface area (Å²) in [4.78, 5) is 12.8. The van der Waals surface area contributed by atoms with E-state index in [9.17, 15) is 21.6 Å². The maximum absolute atomic E-state index is 12.6. The van der Waals surface area contributed by atoms with Crippen LogP contribution in [0.2, 0.25) is 0 Å². The number of rotatable bonds is 11. The van der Waals surface area contributed by atoms with Crippen LogP contribution in [0.3, 0.4) is 0 Å². The molecule has 2 aromatic rings. The van der Waals surface area contributed by atoms with Crippen molar-refractivity contribution in [3.63, 3.8) is 0 Å². The minimum atomic E-state index is -3.69. The summed E-state index contributed by atoms with van der Waals surface area (Å²) in [6, 6.07) is 12.0. The van der Waals surface area contributed by atoms with E-state index >= 15 is 0 Å². The van der Waals surface area contributed by atoms with E-state index in [0.29, 0.717) is 11.4 Å². The van der Waals surface area contributed by atoms with E-state index in [1.807, 2.05) is 19.1 Å². The van der Waals surface area contributed by atoms with Crippen molar-refractivity contribution in [2.45, 2.75) is 31.2 Å². The van der Waals surface area contributed by atoms with Crippen LogP contribution in [0, 0.1) is 0 Å². The Kier molecular flexibility index (Phi) is 8.87. The molecule has 0 bridgehead atoms. The SMILES string of the molecule is CCc1ccc(N([C@H](C)C(=O)NCCOc2ccc(S(=O)(=O)N(C)C)cc2)S(C)(=O)=O)cc1. The van der Waals surface area contributed by atoms with Crippen molar-refractivity contribution in [2.24, 2.45) is 0 Å². The van der Waals surface area contributed by atoms with Gasteiger partial charge in [0.05, 0.1) is 23.4 Å². The fourth-order valence-corrected chi connectivity index (χ4v) is 5.17. The van der Waals surface area contributed by atoms with Gasteiger partial charge >= 0.3 is 0 Å². The first-order valence-electron chi connectivity index (χ1n) is 10.4. The molecule has 0 saturated heterocycles. The molecule has 1 atom stereocenters. The van der Waals surface area contributed by atoms with Crippen LogP contribution >= 0.6 is 0 Å². The molecule has 9 nitrogen and oxygen atoms in total. The summed E-state index contributed by atoms with van der Waals surface area (Å²) in [6.45, 7) is 3.80. The second-order valence-electron chi connectivity index (χ2n) is 7.65. The second-order valence-corrected chi connectivity index (χ2v) is 11.7. The van der Waals surface area contributed by atoms with Crippen molar-refractivity contribution in [1.29, 1.82) is 0 Å². The van der Waals surface area contributed by atoms with E-state index in [0.717, 1.165) is 26.9 Å². The van der Waals surface area contributed by atoms with Crippen molar-refractivity contribution >= 4 is 31.6 Å². The molecule has 0 heterocycles. The first kappa shape index (κ1) is 26.6. The van der Waals surface area contributed by atoms with Crippen LogP contribution < -0.4 is 14.4 Å². The first-order valence-corrected chi connectivity index (χ1v) is 13.7. The number of benzene rings is 2. The van der Waals surface area contributed by atoms with Crippen molar-refractivity contribution in [2.75, 3.05) is 37.8 Å². The summed E-state index contributed by atoms with van der Waals surface area (Å²) in [5.74, 6) is -0.0141. The van der Waals surface area contributed by atoms with Crippen LogP contribution in [0.25, 0.3) is 0 Å². The zero-order valence-corrected chi connectivity index (χ0v) is 21.1. The van der Waals surface area contributed by atoms with Gasteiger partial charge in [0.1, 0.15) is 18.4 Å². The number of anilines is 1. The lowest BCUT2D eigenvalue weighted by atomic mass is 10.1. The molecule has 0 aliphatic rings. The minimum absolute atomic E-state index is 0.127. The number of hydrogen-bond acceptors (Lipinski definition) is 6. The maximum Gasteiger partial charge on any atom is 0.243 e. The van der Waals surface area contributed by atoms with Crippen LogP contribution in [-0.4, -0.2) is 66.6 Å². The van der Waals surface area contributed by atoms with Crippen molar-refractivity contribution < 1.29 is 26.4 Å². The molecular weight excluding hydrogens is 466 g/mol. The van der Waals surface area contributed by atoms with Crippen LogP contribution in [-0.2, 0) is 31.3 Å². The number of aryl methyl sites for hydroxylation is 1. The Morgan fingerprint density at radius 1 is 1.00 bits per heavy atom. The van der Waals surface area contributed by atoms with E-state index < -0.39 is 32.0 Å². The molecule has 33 heavy (non-hydrogen) atoms. The summed E-state index contributed by atoms with van der Waals surface area (Å²) in [6.07, 6.45) is 1.89. The third-order valence-electron chi connectivity index (χ3n) is 4.96. The maximum atomic E-state index is 12.6. The van der Waals surface area contributed by atoms with Crippen LogP contribution in [0.1, 0.15) is 19.4 Å². The lowest BCUT2D eigenvalue weighted by Crippen LogP contribution is -2.48. The number of ether oxygens (including phenoxy) is 1. The summed E-state index contributed by atoms with van der Waals surface area (Å²) in [5.41, 5.74) is 1.48. The van der Waals surface area contributed by atoms with E-state index in [1.165, 1.54) is 45.3 Å². The Balaban J connectivity index is 1.96. The molecule has 0 aliphatic carbocycles. The third-order valence-corrected chi connectivity index (χ3v) is 8.03. The smallest absolute Gasteiger partial charge is 0.243 e. The molecule has 2 aromatic carbocycles. The second kappa shape index (κ2) is 11.0. The van der Waals surface area contributed by atoms with E-state index in [1.54, 1.807) is 12.1 Å². The van der Waals surface area contributed by atoms with Gasteiger partial charge in [-0.3, -0.25) is 9.10 Å². The van der Waals surface area contributed by atoms with Gasteiger partial charge < -0.3 is 10.1 Å². The summed E-state index contributed by atoms with van der Waals surface area (Å²) < 4.78 is 56.7. The van der Waals surface area contributed by atoms with Gasteiger partial charge in [-0.15, -0.1) is 0 Å². The molecule has 0 aliphatic heterocycles. The zero-order chi connectivity index (χ0) is 24.8. The predicted molar refractivity (Wildman–Crippen MR) is 128 cm³/mol. The van der Waals surface area contributed by atoms with E-state index in [2.05, 4.69) is 5.32 Å². The van der Waals surface area contributed by atoms with Gasteiger partial charge in [-0.25, -0.2) is 21.1 Å². The molecule has 0 radical (unpaired) electrons. The molecule has 182 valence electrons. The standard InChI is InChI=1S/C22H31N3O6S2/c1-6-18-7-9-19(10-8-18)25(32(5,27)28)17(2)22(26)23-15-16-31-20-11-13-21(14-12-20)33(29,30)24(3)4/h7-14,17H,6,15-16H2,1-5H3,(H,23,26)/t17-/m1/s1. The van der Waals surface area contributed by atoms with Gasteiger partial charge in [0.15, 0.2) is 0 Å². The fraction of sp³-hybridized carbons (Fsp3) is 0.409.